The van der Waals surface area contributed by atoms with Gasteiger partial charge in [-0.1, -0.05) is 26.5 Å². The van der Waals surface area contributed by atoms with Crippen LogP contribution in [-0.4, -0.2) is 29.3 Å². The summed E-state index contributed by atoms with van der Waals surface area (Å²) in [5.74, 6) is -0.897. The van der Waals surface area contributed by atoms with Gasteiger partial charge in [0.15, 0.2) is 0 Å². The number of aromatic amines is 1. The van der Waals surface area contributed by atoms with E-state index in [-0.39, 0.29) is 24.5 Å². The predicted molar refractivity (Wildman–Crippen MR) is 111 cm³/mol. The fourth-order valence-electron chi connectivity index (χ4n) is 2.54. The lowest BCUT2D eigenvalue weighted by Gasteiger charge is -2.14. The lowest BCUT2D eigenvalue weighted by Crippen LogP contribution is -2.26. The number of nitrogens with one attached hydrogen (secondary N) is 3. The molecule has 1 heterocycles. The maximum Gasteiger partial charge on any atom is 0.276 e. The first-order valence-electron chi connectivity index (χ1n) is 9.24. The molecule has 3 aromatic rings. The van der Waals surface area contributed by atoms with Crippen molar-refractivity contribution in [3.05, 3.63) is 66.3 Å². The summed E-state index contributed by atoms with van der Waals surface area (Å²) in [4.78, 5) is 17.6. The Labute approximate surface area is 168 Å². The number of aromatic nitrogens is 2. The van der Waals surface area contributed by atoms with Gasteiger partial charge in [0.05, 0.1) is 34.9 Å². The first-order valence-corrected chi connectivity index (χ1v) is 9.24. The number of benzene rings is 2. The first kappa shape index (κ1) is 21.9. The van der Waals surface area contributed by atoms with Crippen molar-refractivity contribution in [3.63, 3.8) is 0 Å². The lowest BCUT2D eigenvalue weighted by molar-refractivity contribution is 0.0145. The molecule has 1 aromatic heterocycles. The Morgan fingerprint density at radius 2 is 2.07 bits per heavy atom. The minimum Gasteiger partial charge on any atom is -0.499 e. The van der Waals surface area contributed by atoms with E-state index in [2.05, 4.69) is 27.6 Å². The van der Waals surface area contributed by atoms with Gasteiger partial charge in [0.2, 0.25) is 0 Å². The van der Waals surface area contributed by atoms with Crippen molar-refractivity contribution in [2.75, 3.05) is 18.5 Å². The molecule has 8 heteroatoms. The van der Waals surface area contributed by atoms with Gasteiger partial charge >= 0.3 is 0 Å². The van der Waals surface area contributed by atoms with E-state index in [1.807, 2.05) is 13.8 Å². The number of carbonyl (C=O) groups is 1. The summed E-state index contributed by atoms with van der Waals surface area (Å²) >= 11 is 0. The third kappa shape index (κ3) is 5.55. The Kier molecular flexibility index (Phi) is 8.17. The van der Waals surface area contributed by atoms with E-state index in [1.54, 1.807) is 37.4 Å². The van der Waals surface area contributed by atoms with Crippen LogP contribution in [0.1, 0.15) is 29.8 Å². The van der Waals surface area contributed by atoms with E-state index in [4.69, 9.17) is 9.57 Å². The van der Waals surface area contributed by atoms with Crippen molar-refractivity contribution in [3.8, 4) is 0 Å². The van der Waals surface area contributed by atoms with E-state index in [0.717, 1.165) is 5.56 Å². The number of anilines is 2. The van der Waals surface area contributed by atoms with E-state index >= 15 is 0 Å². The van der Waals surface area contributed by atoms with Gasteiger partial charge in [0, 0.05) is 5.39 Å². The molecule has 0 spiro atoms. The Bertz CT molecular complexity index is 972. The average Bonchev–Trinajstić information content (AvgIpc) is 3.20. The van der Waals surface area contributed by atoms with Gasteiger partial charge in [-0.15, -0.1) is 0 Å². The van der Waals surface area contributed by atoms with E-state index < -0.39 is 11.7 Å². The molecule has 0 fully saturated rings. The molecule has 7 nitrogen and oxygen atoms in total. The maximum absolute atomic E-state index is 14.3. The molecule has 3 N–H and O–H groups in total. The van der Waals surface area contributed by atoms with E-state index in [1.165, 1.54) is 12.3 Å². The maximum atomic E-state index is 14.3. The summed E-state index contributed by atoms with van der Waals surface area (Å²) in [6.45, 7) is 9.63. The second-order valence-electron chi connectivity index (χ2n) is 5.74. The quantitative estimate of drug-likeness (QED) is 0.292. The number of amides is 1. The normalized spacial score (nSPS) is 10.1. The zero-order valence-corrected chi connectivity index (χ0v) is 16.7. The van der Waals surface area contributed by atoms with Crippen molar-refractivity contribution >= 4 is 28.2 Å². The highest BCUT2D eigenvalue weighted by Crippen LogP contribution is 2.30. The summed E-state index contributed by atoms with van der Waals surface area (Å²) < 4.78 is 19.2. The highest BCUT2D eigenvalue weighted by molar-refractivity contribution is 6.08. The Balaban J connectivity index is 0.00000145. The van der Waals surface area contributed by atoms with Crippen LogP contribution < -0.4 is 10.8 Å². The number of nitrogens with zero attached hydrogens (tertiary/aromatic N) is 1. The highest BCUT2D eigenvalue weighted by Gasteiger charge is 2.17. The molecule has 0 radical (unpaired) electrons. The molecule has 0 aliphatic heterocycles. The number of H-pyrrole nitrogens is 1. The second-order valence-corrected chi connectivity index (χ2v) is 5.74. The smallest absolute Gasteiger partial charge is 0.276 e. The first-order chi connectivity index (χ1) is 14.1. The summed E-state index contributed by atoms with van der Waals surface area (Å²) in [6, 6.07) is 8.14. The number of hydrogen-bond acceptors (Lipinski definition) is 5. The van der Waals surface area contributed by atoms with Crippen molar-refractivity contribution in [2.45, 2.75) is 20.8 Å². The van der Waals surface area contributed by atoms with Gasteiger partial charge in [-0.05, 0) is 36.8 Å². The minimum atomic E-state index is -0.480. The molecule has 0 aliphatic carbocycles. The second kappa shape index (κ2) is 10.8. The van der Waals surface area contributed by atoms with E-state index in [0.29, 0.717) is 16.6 Å². The Morgan fingerprint density at radius 3 is 2.79 bits per heavy atom. The van der Waals surface area contributed by atoms with Gasteiger partial charge in [-0.3, -0.25) is 14.7 Å². The molecule has 0 atom stereocenters. The average molecular weight is 400 g/mol. The molecule has 0 saturated carbocycles. The van der Waals surface area contributed by atoms with Crippen molar-refractivity contribution in [1.82, 2.24) is 15.7 Å². The summed E-state index contributed by atoms with van der Waals surface area (Å²) in [6.07, 6.45) is 2.86. The molecule has 154 valence electrons. The number of ether oxygens (including phenoxy) is 1. The summed E-state index contributed by atoms with van der Waals surface area (Å²) in [5, 5.41) is 10.5. The molecule has 29 heavy (non-hydrogen) atoms. The standard InChI is InChI=1S/C19H19FN4O3.C2H6/c1-3-26-8-9-27-24-19(25)13-5-7-16-14(11-21-23-16)18(13)22-17-6-4-12(2)10-15(17)20;1-2/h3-7,10-11,22H,1,8-9H2,2H3,(H,21,23)(H,24,25);1-2H3. The van der Waals surface area contributed by atoms with Gasteiger partial charge in [-0.25, -0.2) is 9.87 Å². The highest BCUT2D eigenvalue weighted by atomic mass is 19.1. The van der Waals surface area contributed by atoms with Crippen molar-refractivity contribution in [2.24, 2.45) is 0 Å². The van der Waals surface area contributed by atoms with Crippen LogP contribution in [0.15, 0.2) is 49.4 Å². The Morgan fingerprint density at radius 1 is 1.28 bits per heavy atom. The third-order valence-corrected chi connectivity index (χ3v) is 3.84. The molecule has 0 saturated heterocycles. The molecule has 0 unspecified atom stereocenters. The predicted octanol–water partition coefficient (Wildman–Crippen LogP) is 4.60. The minimum absolute atomic E-state index is 0.154. The number of aryl methyl sites for hydroxylation is 1. The number of fused-ring (bicyclic) bond motifs is 1. The number of hydrogen-bond donors (Lipinski definition) is 3. The van der Waals surface area contributed by atoms with E-state index in [9.17, 15) is 9.18 Å². The zero-order valence-electron chi connectivity index (χ0n) is 16.7. The zero-order chi connectivity index (χ0) is 21.2. The fourth-order valence-corrected chi connectivity index (χ4v) is 2.54. The molecule has 2 aromatic carbocycles. The van der Waals surface area contributed by atoms with Crippen LogP contribution in [0.5, 0.6) is 0 Å². The van der Waals surface area contributed by atoms with Crippen LogP contribution in [0.25, 0.3) is 10.9 Å². The van der Waals surface area contributed by atoms with Crippen LogP contribution in [0, 0.1) is 12.7 Å². The van der Waals surface area contributed by atoms with Gasteiger partial charge in [0.25, 0.3) is 5.91 Å². The summed E-state index contributed by atoms with van der Waals surface area (Å²) in [5.41, 5.74) is 4.82. The molecule has 0 aliphatic rings. The van der Waals surface area contributed by atoms with Crippen LogP contribution in [-0.2, 0) is 9.57 Å². The summed E-state index contributed by atoms with van der Waals surface area (Å²) in [7, 11) is 0. The third-order valence-electron chi connectivity index (χ3n) is 3.84. The van der Waals surface area contributed by atoms with Gasteiger partial charge in [-0.2, -0.15) is 5.10 Å². The van der Waals surface area contributed by atoms with Crippen LogP contribution in [0.2, 0.25) is 0 Å². The monoisotopic (exact) mass is 400 g/mol. The SMILES string of the molecule is C=COCCONC(=O)c1ccc2[nH]ncc2c1Nc1ccc(C)cc1F.CC. The molecular weight excluding hydrogens is 375 g/mol. The van der Waals surface area contributed by atoms with Gasteiger partial charge in [0.1, 0.15) is 19.0 Å². The molecular formula is C21H25FN4O3. The van der Waals surface area contributed by atoms with Gasteiger partial charge < -0.3 is 10.1 Å². The van der Waals surface area contributed by atoms with Crippen molar-refractivity contribution in [1.29, 1.82) is 0 Å². The number of rotatable bonds is 8. The Hall–Kier alpha value is -3.39. The fraction of sp³-hybridized carbons (Fsp3) is 0.238. The molecule has 0 bridgehead atoms. The lowest BCUT2D eigenvalue weighted by atomic mass is 10.1. The van der Waals surface area contributed by atoms with Crippen LogP contribution in [0.4, 0.5) is 15.8 Å². The topological polar surface area (TPSA) is 88.3 Å². The number of halogens is 1. The van der Waals surface area contributed by atoms with Crippen molar-refractivity contribution < 1.29 is 18.8 Å². The van der Waals surface area contributed by atoms with Crippen LogP contribution in [0.3, 0.4) is 0 Å². The number of carbonyl (C=O) groups excluding carboxylic acids is 1. The molecule has 3 rings (SSSR count). The molecule has 1 amide bonds. The number of hydroxylamine groups is 1. The largest absolute Gasteiger partial charge is 0.499 e. The van der Waals surface area contributed by atoms with Crippen LogP contribution >= 0.6 is 0 Å².